The largest absolute Gasteiger partial charge is 0.378 e. The fourth-order valence-electron chi connectivity index (χ4n) is 1.75. The van der Waals surface area contributed by atoms with Gasteiger partial charge in [-0.1, -0.05) is 41.4 Å². The Kier molecular flexibility index (Phi) is 4.55. The second kappa shape index (κ2) is 5.96. The van der Waals surface area contributed by atoms with Gasteiger partial charge in [0.1, 0.15) is 0 Å². The number of halogens is 3. The van der Waals surface area contributed by atoms with E-state index in [0.29, 0.717) is 5.02 Å². The normalized spacial score (nSPS) is 12.2. The van der Waals surface area contributed by atoms with Gasteiger partial charge in [0.05, 0.1) is 11.7 Å². The van der Waals surface area contributed by atoms with Crippen LogP contribution in [0.2, 0.25) is 10.0 Å². The first-order valence-electron chi connectivity index (χ1n) is 5.54. The van der Waals surface area contributed by atoms with E-state index in [-0.39, 0.29) is 6.04 Å². The standard InChI is InChI=1S/C14H12BrCl2N/c1-9(11-4-2-3-5-13(11)17)18-14-8-10(16)6-7-12(14)15/h2-9,18H,1H3. The molecule has 1 N–H and O–H groups in total. The van der Waals surface area contributed by atoms with Crippen molar-refractivity contribution in [2.45, 2.75) is 13.0 Å². The average Bonchev–Trinajstić information content (AvgIpc) is 2.34. The van der Waals surface area contributed by atoms with E-state index >= 15 is 0 Å². The lowest BCUT2D eigenvalue weighted by Gasteiger charge is -2.18. The van der Waals surface area contributed by atoms with Crippen molar-refractivity contribution in [2.24, 2.45) is 0 Å². The molecule has 0 heterocycles. The number of rotatable bonds is 3. The molecule has 0 fully saturated rings. The van der Waals surface area contributed by atoms with Crippen molar-refractivity contribution in [2.75, 3.05) is 5.32 Å². The number of benzene rings is 2. The molecule has 2 rings (SSSR count). The van der Waals surface area contributed by atoms with Gasteiger partial charge < -0.3 is 5.32 Å². The molecule has 0 aromatic heterocycles. The first-order valence-corrected chi connectivity index (χ1v) is 7.09. The maximum atomic E-state index is 6.18. The molecular weight excluding hydrogens is 333 g/mol. The van der Waals surface area contributed by atoms with Gasteiger partial charge in [-0.05, 0) is 52.7 Å². The van der Waals surface area contributed by atoms with Crippen molar-refractivity contribution in [3.05, 3.63) is 62.5 Å². The minimum absolute atomic E-state index is 0.105. The topological polar surface area (TPSA) is 12.0 Å². The molecule has 0 bridgehead atoms. The molecule has 0 spiro atoms. The Hall–Kier alpha value is -0.700. The first kappa shape index (κ1) is 13.7. The summed E-state index contributed by atoms with van der Waals surface area (Å²) in [4.78, 5) is 0. The van der Waals surface area contributed by atoms with Gasteiger partial charge in [0.25, 0.3) is 0 Å². The molecule has 18 heavy (non-hydrogen) atoms. The summed E-state index contributed by atoms with van der Waals surface area (Å²) in [7, 11) is 0. The van der Waals surface area contributed by atoms with Gasteiger partial charge in [-0.25, -0.2) is 0 Å². The predicted molar refractivity (Wildman–Crippen MR) is 82.6 cm³/mol. The number of hydrogen-bond acceptors (Lipinski definition) is 1. The SMILES string of the molecule is CC(Nc1cc(Cl)ccc1Br)c1ccccc1Cl. The molecule has 2 aromatic carbocycles. The number of anilines is 1. The molecule has 0 amide bonds. The van der Waals surface area contributed by atoms with Crippen LogP contribution in [0.5, 0.6) is 0 Å². The lowest BCUT2D eigenvalue weighted by atomic mass is 10.1. The van der Waals surface area contributed by atoms with Gasteiger partial charge in [0.2, 0.25) is 0 Å². The fraction of sp³-hybridized carbons (Fsp3) is 0.143. The molecule has 0 saturated heterocycles. The third kappa shape index (κ3) is 3.19. The Morgan fingerprint density at radius 1 is 1.11 bits per heavy atom. The van der Waals surface area contributed by atoms with Crippen molar-refractivity contribution >= 4 is 44.8 Å². The lowest BCUT2D eigenvalue weighted by Crippen LogP contribution is -2.07. The van der Waals surface area contributed by atoms with E-state index in [1.807, 2.05) is 42.5 Å². The Balaban J connectivity index is 2.24. The molecule has 0 saturated carbocycles. The van der Waals surface area contributed by atoms with Crippen LogP contribution in [0.15, 0.2) is 46.9 Å². The quantitative estimate of drug-likeness (QED) is 0.727. The van der Waals surface area contributed by atoms with Gasteiger partial charge in [-0.2, -0.15) is 0 Å². The highest BCUT2D eigenvalue weighted by molar-refractivity contribution is 9.10. The monoisotopic (exact) mass is 343 g/mol. The molecule has 2 aromatic rings. The highest BCUT2D eigenvalue weighted by Crippen LogP contribution is 2.31. The molecule has 1 unspecified atom stereocenters. The third-order valence-electron chi connectivity index (χ3n) is 2.67. The number of nitrogens with one attached hydrogen (secondary N) is 1. The molecule has 0 aliphatic rings. The van der Waals surface area contributed by atoms with Crippen LogP contribution in [0.1, 0.15) is 18.5 Å². The van der Waals surface area contributed by atoms with Crippen LogP contribution in [0.4, 0.5) is 5.69 Å². The van der Waals surface area contributed by atoms with Crippen LogP contribution in [-0.4, -0.2) is 0 Å². The van der Waals surface area contributed by atoms with Crippen molar-refractivity contribution in [1.82, 2.24) is 0 Å². The van der Waals surface area contributed by atoms with E-state index in [4.69, 9.17) is 23.2 Å². The van der Waals surface area contributed by atoms with Crippen LogP contribution in [0, 0.1) is 0 Å². The van der Waals surface area contributed by atoms with Gasteiger partial charge >= 0.3 is 0 Å². The molecule has 0 aliphatic carbocycles. The molecule has 94 valence electrons. The van der Waals surface area contributed by atoms with Gasteiger partial charge in [-0.15, -0.1) is 0 Å². The van der Waals surface area contributed by atoms with Crippen LogP contribution in [0.25, 0.3) is 0 Å². The Morgan fingerprint density at radius 3 is 2.56 bits per heavy atom. The third-order valence-corrected chi connectivity index (χ3v) is 3.94. The first-order chi connectivity index (χ1) is 8.58. The van der Waals surface area contributed by atoms with E-state index in [1.165, 1.54) is 0 Å². The van der Waals surface area contributed by atoms with E-state index < -0.39 is 0 Å². The molecule has 0 aliphatic heterocycles. The molecule has 1 atom stereocenters. The second-order valence-corrected chi connectivity index (χ2v) is 5.71. The van der Waals surface area contributed by atoms with Crippen LogP contribution in [-0.2, 0) is 0 Å². The van der Waals surface area contributed by atoms with Crippen molar-refractivity contribution in [3.8, 4) is 0 Å². The summed E-state index contributed by atoms with van der Waals surface area (Å²) >= 11 is 15.7. The zero-order valence-corrected chi connectivity index (χ0v) is 12.9. The lowest BCUT2D eigenvalue weighted by molar-refractivity contribution is 0.884. The maximum absolute atomic E-state index is 6.18. The smallest absolute Gasteiger partial charge is 0.0504 e. The molecular formula is C14H12BrCl2N. The van der Waals surface area contributed by atoms with Crippen molar-refractivity contribution in [1.29, 1.82) is 0 Å². The Morgan fingerprint density at radius 2 is 1.83 bits per heavy atom. The summed E-state index contributed by atoms with van der Waals surface area (Å²) in [6, 6.07) is 13.6. The predicted octanol–water partition coefficient (Wildman–Crippen LogP) is 5.93. The summed E-state index contributed by atoms with van der Waals surface area (Å²) < 4.78 is 0.978. The highest BCUT2D eigenvalue weighted by Gasteiger charge is 2.10. The average molecular weight is 345 g/mol. The van der Waals surface area contributed by atoms with Crippen LogP contribution < -0.4 is 5.32 Å². The van der Waals surface area contributed by atoms with E-state index in [0.717, 1.165) is 20.7 Å². The van der Waals surface area contributed by atoms with E-state index in [9.17, 15) is 0 Å². The maximum Gasteiger partial charge on any atom is 0.0504 e. The van der Waals surface area contributed by atoms with Crippen LogP contribution in [0.3, 0.4) is 0 Å². The molecule has 4 heteroatoms. The molecule has 1 nitrogen and oxygen atoms in total. The van der Waals surface area contributed by atoms with E-state index in [2.05, 4.69) is 28.2 Å². The zero-order valence-electron chi connectivity index (χ0n) is 9.75. The van der Waals surface area contributed by atoms with Crippen molar-refractivity contribution in [3.63, 3.8) is 0 Å². The summed E-state index contributed by atoms with van der Waals surface area (Å²) in [6.45, 7) is 2.06. The zero-order chi connectivity index (χ0) is 13.1. The number of hydrogen-bond donors (Lipinski definition) is 1. The summed E-state index contributed by atoms with van der Waals surface area (Å²) in [5.41, 5.74) is 2.01. The van der Waals surface area contributed by atoms with Gasteiger partial charge in [0, 0.05) is 14.5 Å². The summed E-state index contributed by atoms with van der Waals surface area (Å²) in [6.07, 6.45) is 0. The Bertz CT molecular complexity index is 557. The Labute approximate surface area is 125 Å². The summed E-state index contributed by atoms with van der Waals surface area (Å²) in [5, 5.41) is 4.85. The fourth-order valence-corrected chi connectivity index (χ4v) is 2.58. The van der Waals surface area contributed by atoms with E-state index in [1.54, 1.807) is 0 Å². The summed E-state index contributed by atoms with van der Waals surface area (Å²) in [5.74, 6) is 0. The van der Waals surface area contributed by atoms with Crippen LogP contribution >= 0.6 is 39.1 Å². The molecule has 0 radical (unpaired) electrons. The minimum atomic E-state index is 0.105. The van der Waals surface area contributed by atoms with Gasteiger partial charge in [-0.3, -0.25) is 0 Å². The van der Waals surface area contributed by atoms with Crippen molar-refractivity contribution < 1.29 is 0 Å². The highest BCUT2D eigenvalue weighted by atomic mass is 79.9. The van der Waals surface area contributed by atoms with Gasteiger partial charge in [0.15, 0.2) is 0 Å². The second-order valence-electron chi connectivity index (χ2n) is 4.01. The minimum Gasteiger partial charge on any atom is -0.378 e.